The highest BCUT2D eigenvalue weighted by Gasteiger charge is 2.07. The summed E-state index contributed by atoms with van der Waals surface area (Å²) in [4.78, 5) is 8.88. The minimum atomic E-state index is 0.0722. The number of nitrogen functional groups attached to an aromatic ring is 1. The average Bonchev–Trinajstić information content (AvgIpc) is 2.82. The molecule has 106 valence electrons. The SMILES string of the molecule is Cn1c(CNc2ccc(C(=N)N)cc2)nc2cccnc21. The summed E-state index contributed by atoms with van der Waals surface area (Å²) in [6.45, 7) is 0.603. The van der Waals surface area contributed by atoms with Crippen molar-refractivity contribution in [2.24, 2.45) is 12.8 Å². The maximum absolute atomic E-state index is 7.37. The number of hydrogen-bond acceptors (Lipinski definition) is 4. The highest BCUT2D eigenvalue weighted by atomic mass is 15.1. The smallest absolute Gasteiger partial charge is 0.159 e. The molecule has 3 aromatic rings. The molecule has 1 aromatic carbocycles. The Morgan fingerprint density at radius 3 is 2.71 bits per heavy atom. The van der Waals surface area contributed by atoms with Crippen LogP contribution in [0.25, 0.3) is 11.2 Å². The van der Waals surface area contributed by atoms with Gasteiger partial charge in [-0.15, -0.1) is 0 Å². The van der Waals surface area contributed by atoms with Crippen molar-refractivity contribution < 1.29 is 0 Å². The molecule has 0 amide bonds. The molecule has 0 radical (unpaired) electrons. The fraction of sp³-hybridized carbons (Fsp3) is 0.133. The Morgan fingerprint density at radius 1 is 1.29 bits per heavy atom. The number of aromatic nitrogens is 3. The van der Waals surface area contributed by atoms with Crippen LogP contribution in [0, 0.1) is 5.41 Å². The van der Waals surface area contributed by atoms with E-state index < -0.39 is 0 Å². The van der Waals surface area contributed by atoms with E-state index in [9.17, 15) is 0 Å². The van der Waals surface area contributed by atoms with Gasteiger partial charge in [-0.2, -0.15) is 0 Å². The van der Waals surface area contributed by atoms with Crippen molar-refractivity contribution in [3.8, 4) is 0 Å². The fourth-order valence-electron chi connectivity index (χ4n) is 2.18. The number of pyridine rings is 1. The topological polar surface area (TPSA) is 92.6 Å². The molecule has 0 bridgehead atoms. The van der Waals surface area contributed by atoms with Gasteiger partial charge in [0.05, 0.1) is 6.54 Å². The van der Waals surface area contributed by atoms with Crippen molar-refractivity contribution >= 4 is 22.7 Å². The molecule has 21 heavy (non-hydrogen) atoms. The first-order valence-electron chi connectivity index (χ1n) is 6.60. The summed E-state index contributed by atoms with van der Waals surface area (Å²) in [5.41, 5.74) is 8.88. The zero-order valence-electron chi connectivity index (χ0n) is 11.7. The molecule has 2 heterocycles. The lowest BCUT2D eigenvalue weighted by Gasteiger charge is -2.07. The molecule has 0 saturated carbocycles. The van der Waals surface area contributed by atoms with Crippen LogP contribution < -0.4 is 11.1 Å². The van der Waals surface area contributed by atoms with Crippen molar-refractivity contribution in [3.63, 3.8) is 0 Å². The third-order valence-electron chi connectivity index (χ3n) is 3.37. The summed E-state index contributed by atoms with van der Waals surface area (Å²) in [5.74, 6) is 0.988. The first kappa shape index (κ1) is 13.1. The number of benzene rings is 1. The number of amidine groups is 1. The van der Waals surface area contributed by atoms with Gasteiger partial charge in [0.1, 0.15) is 17.2 Å². The Labute approximate surface area is 122 Å². The third-order valence-corrected chi connectivity index (χ3v) is 3.37. The first-order chi connectivity index (χ1) is 10.1. The number of nitrogens with zero attached hydrogens (tertiary/aromatic N) is 3. The standard InChI is InChI=1S/C15H16N6/c1-21-13(20-12-3-2-8-18-15(12)21)9-19-11-6-4-10(5-7-11)14(16)17/h2-8,19H,9H2,1H3,(H3,16,17). The number of anilines is 1. The normalized spacial score (nSPS) is 10.7. The molecular weight excluding hydrogens is 264 g/mol. The summed E-state index contributed by atoms with van der Waals surface area (Å²) in [6.07, 6.45) is 1.77. The molecule has 0 atom stereocenters. The summed E-state index contributed by atoms with van der Waals surface area (Å²) in [6, 6.07) is 11.3. The first-order valence-corrected chi connectivity index (χ1v) is 6.60. The largest absolute Gasteiger partial charge is 0.384 e. The van der Waals surface area contributed by atoms with Crippen molar-refractivity contribution in [1.82, 2.24) is 14.5 Å². The minimum absolute atomic E-state index is 0.0722. The average molecular weight is 280 g/mol. The Balaban J connectivity index is 1.77. The van der Waals surface area contributed by atoms with Gasteiger partial charge in [-0.3, -0.25) is 5.41 Å². The summed E-state index contributed by atoms with van der Waals surface area (Å²) in [7, 11) is 1.96. The van der Waals surface area contributed by atoms with Crippen LogP contribution in [-0.2, 0) is 13.6 Å². The van der Waals surface area contributed by atoms with Crippen LogP contribution in [0.2, 0.25) is 0 Å². The summed E-state index contributed by atoms with van der Waals surface area (Å²) >= 11 is 0. The molecular formula is C15H16N6. The molecule has 0 aliphatic rings. The van der Waals surface area contributed by atoms with Crippen molar-refractivity contribution in [3.05, 3.63) is 54.0 Å². The Morgan fingerprint density at radius 2 is 2.05 bits per heavy atom. The maximum Gasteiger partial charge on any atom is 0.159 e. The van der Waals surface area contributed by atoms with E-state index >= 15 is 0 Å². The zero-order chi connectivity index (χ0) is 14.8. The summed E-state index contributed by atoms with van der Waals surface area (Å²) < 4.78 is 1.98. The number of rotatable bonds is 4. The molecule has 0 unspecified atom stereocenters. The van der Waals surface area contributed by atoms with Crippen LogP contribution in [0.4, 0.5) is 5.69 Å². The molecule has 3 rings (SSSR count). The maximum atomic E-state index is 7.37. The van der Waals surface area contributed by atoms with Crippen LogP contribution in [0.15, 0.2) is 42.6 Å². The van der Waals surface area contributed by atoms with Gasteiger partial charge >= 0.3 is 0 Å². The summed E-state index contributed by atoms with van der Waals surface area (Å²) in [5, 5.41) is 10.7. The lowest BCUT2D eigenvalue weighted by molar-refractivity contribution is 0.826. The van der Waals surface area contributed by atoms with E-state index in [1.807, 2.05) is 48.0 Å². The van der Waals surface area contributed by atoms with E-state index in [0.717, 1.165) is 22.7 Å². The Bertz CT molecular complexity index is 788. The molecule has 0 fully saturated rings. The molecule has 2 aromatic heterocycles. The number of nitrogens with two attached hydrogens (primary N) is 1. The molecule has 6 nitrogen and oxygen atoms in total. The van der Waals surface area contributed by atoms with E-state index in [1.54, 1.807) is 6.20 Å². The number of imidazole rings is 1. The molecule has 4 N–H and O–H groups in total. The number of nitrogens with one attached hydrogen (secondary N) is 2. The predicted octanol–water partition coefficient (Wildman–Crippen LogP) is 1.86. The highest BCUT2D eigenvalue weighted by molar-refractivity contribution is 5.95. The van der Waals surface area contributed by atoms with Crippen LogP contribution in [0.1, 0.15) is 11.4 Å². The van der Waals surface area contributed by atoms with Gasteiger partial charge < -0.3 is 15.6 Å². The van der Waals surface area contributed by atoms with Gasteiger partial charge in [-0.1, -0.05) is 0 Å². The fourth-order valence-corrected chi connectivity index (χ4v) is 2.18. The predicted molar refractivity (Wildman–Crippen MR) is 83.3 cm³/mol. The Kier molecular flexibility index (Phi) is 3.27. The van der Waals surface area contributed by atoms with Crippen molar-refractivity contribution in [2.75, 3.05) is 5.32 Å². The lowest BCUT2D eigenvalue weighted by Crippen LogP contribution is -2.11. The second kappa shape index (κ2) is 5.24. The van der Waals surface area contributed by atoms with E-state index in [4.69, 9.17) is 11.1 Å². The van der Waals surface area contributed by atoms with E-state index in [1.165, 1.54) is 0 Å². The van der Waals surface area contributed by atoms with E-state index in [2.05, 4.69) is 15.3 Å². The van der Waals surface area contributed by atoms with Crippen LogP contribution in [0.3, 0.4) is 0 Å². The number of aryl methyl sites for hydroxylation is 1. The van der Waals surface area contributed by atoms with Gasteiger partial charge in [-0.05, 0) is 36.4 Å². The Hall–Kier alpha value is -2.89. The number of fused-ring (bicyclic) bond motifs is 1. The van der Waals surface area contributed by atoms with E-state index in [0.29, 0.717) is 12.1 Å². The molecule has 0 spiro atoms. The third kappa shape index (κ3) is 2.55. The van der Waals surface area contributed by atoms with E-state index in [-0.39, 0.29) is 5.84 Å². The van der Waals surface area contributed by atoms with Gasteiger partial charge in [0.25, 0.3) is 0 Å². The van der Waals surface area contributed by atoms with Crippen LogP contribution >= 0.6 is 0 Å². The number of hydrogen-bond donors (Lipinski definition) is 3. The minimum Gasteiger partial charge on any atom is -0.384 e. The van der Waals surface area contributed by atoms with Crippen molar-refractivity contribution in [2.45, 2.75) is 6.54 Å². The van der Waals surface area contributed by atoms with Crippen LogP contribution in [0.5, 0.6) is 0 Å². The highest BCUT2D eigenvalue weighted by Crippen LogP contribution is 2.14. The van der Waals surface area contributed by atoms with Gasteiger partial charge in [-0.25, -0.2) is 9.97 Å². The quantitative estimate of drug-likeness (QED) is 0.502. The van der Waals surface area contributed by atoms with Crippen molar-refractivity contribution in [1.29, 1.82) is 5.41 Å². The molecule has 0 aliphatic carbocycles. The lowest BCUT2D eigenvalue weighted by atomic mass is 10.2. The van der Waals surface area contributed by atoms with Gasteiger partial charge in [0.15, 0.2) is 5.65 Å². The van der Waals surface area contributed by atoms with Crippen LogP contribution in [-0.4, -0.2) is 20.4 Å². The molecule has 0 aliphatic heterocycles. The monoisotopic (exact) mass is 280 g/mol. The molecule has 6 heteroatoms. The van der Waals surface area contributed by atoms with Gasteiger partial charge in [0, 0.05) is 24.5 Å². The molecule has 0 saturated heterocycles. The van der Waals surface area contributed by atoms with Gasteiger partial charge in [0.2, 0.25) is 0 Å². The zero-order valence-corrected chi connectivity index (χ0v) is 11.7. The second-order valence-corrected chi connectivity index (χ2v) is 4.78. The second-order valence-electron chi connectivity index (χ2n) is 4.78.